The number of halogens is 2. The molecule has 0 atom stereocenters. The van der Waals surface area contributed by atoms with Crippen molar-refractivity contribution < 1.29 is 14.0 Å². The summed E-state index contributed by atoms with van der Waals surface area (Å²) in [6.45, 7) is 4.66. The van der Waals surface area contributed by atoms with E-state index in [2.05, 4.69) is 15.3 Å². The first kappa shape index (κ1) is 21.5. The van der Waals surface area contributed by atoms with Crippen LogP contribution in [0.1, 0.15) is 24.1 Å². The molecule has 1 saturated heterocycles. The van der Waals surface area contributed by atoms with E-state index in [1.165, 1.54) is 22.9 Å². The van der Waals surface area contributed by atoms with Gasteiger partial charge in [-0.2, -0.15) is 5.10 Å². The lowest BCUT2D eigenvalue weighted by molar-refractivity contribution is -0.128. The second-order valence-electron chi connectivity index (χ2n) is 7.95. The molecule has 4 rings (SSSR count). The predicted octanol–water partition coefficient (Wildman–Crippen LogP) is 2.41. The maximum atomic E-state index is 13.2. The summed E-state index contributed by atoms with van der Waals surface area (Å²) in [5.41, 5.74) is 1.96. The summed E-state index contributed by atoms with van der Waals surface area (Å²) in [6.07, 6.45) is 5.32. The number of hydrogen-bond acceptors (Lipinski definition) is 4. The van der Waals surface area contributed by atoms with Gasteiger partial charge in [0.2, 0.25) is 11.8 Å². The van der Waals surface area contributed by atoms with Crippen LogP contribution in [-0.4, -0.2) is 70.2 Å². The lowest BCUT2D eigenvalue weighted by Gasteiger charge is -2.33. The Morgan fingerprint density at radius 2 is 1.87 bits per heavy atom. The standard InChI is InChI=1S/C22H25ClFN5O2/c1-15-19(22(23)29(26-15)18-6-2-16(24)3-7-18)8-9-21(31)28-12-10-27(11-13-28)14-20(30)25-17-4-5-17/h2-3,6-9,17H,4-5,10-14H2,1H3,(H,25,30). The maximum absolute atomic E-state index is 13.2. The fraction of sp³-hybridized carbons (Fsp3) is 0.409. The number of amides is 2. The molecule has 1 saturated carbocycles. The molecule has 2 aliphatic rings. The number of aryl methyl sites for hydroxylation is 1. The summed E-state index contributed by atoms with van der Waals surface area (Å²) in [5.74, 6) is -0.379. The van der Waals surface area contributed by atoms with Gasteiger partial charge in [-0.1, -0.05) is 11.6 Å². The van der Waals surface area contributed by atoms with Crippen LogP contribution in [0.25, 0.3) is 11.8 Å². The summed E-state index contributed by atoms with van der Waals surface area (Å²) in [7, 11) is 0. The molecule has 0 spiro atoms. The van der Waals surface area contributed by atoms with Gasteiger partial charge in [0.25, 0.3) is 0 Å². The van der Waals surface area contributed by atoms with Crippen LogP contribution in [0.5, 0.6) is 0 Å². The van der Waals surface area contributed by atoms with Gasteiger partial charge < -0.3 is 10.2 Å². The van der Waals surface area contributed by atoms with Gasteiger partial charge in [-0.15, -0.1) is 0 Å². The molecule has 1 aromatic heterocycles. The molecule has 0 unspecified atom stereocenters. The van der Waals surface area contributed by atoms with E-state index in [-0.39, 0.29) is 17.6 Å². The molecule has 2 fully saturated rings. The third kappa shape index (κ3) is 5.32. The SMILES string of the molecule is Cc1nn(-c2ccc(F)cc2)c(Cl)c1C=CC(=O)N1CCN(CC(=O)NC2CC2)CC1. The minimum absolute atomic E-state index is 0.0606. The van der Waals surface area contributed by atoms with Crippen LogP contribution in [0, 0.1) is 12.7 Å². The summed E-state index contributed by atoms with van der Waals surface area (Å²) < 4.78 is 14.7. The number of benzene rings is 1. The second-order valence-corrected chi connectivity index (χ2v) is 8.31. The zero-order chi connectivity index (χ0) is 22.0. The van der Waals surface area contributed by atoms with E-state index in [1.54, 1.807) is 23.1 Å². The third-order valence-electron chi connectivity index (χ3n) is 5.51. The summed E-state index contributed by atoms with van der Waals surface area (Å²) >= 11 is 6.47. The fourth-order valence-corrected chi connectivity index (χ4v) is 3.88. The van der Waals surface area contributed by atoms with Gasteiger partial charge in [0, 0.05) is 43.9 Å². The molecule has 1 aromatic carbocycles. The molecule has 0 radical (unpaired) electrons. The molecule has 2 amide bonds. The first-order valence-electron chi connectivity index (χ1n) is 10.4. The minimum atomic E-state index is -0.335. The zero-order valence-electron chi connectivity index (χ0n) is 17.4. The number of hydrogen-bond donors (Lipinski definition) is 1. The van der Waals surface area contributed by atoms with E-state index < -0.39 is 0 Å². The van der Waals surface area contributed by atoms with Gasteiger partial charge in [-0.25, -0.2) is 9.07 Å². The topological polar surface area (TPSA) is 70.5 Å². The molecule has 1 aliphatic heterocycles. The van der Waals surface area contributed by atoms with Crippen molar-refractivity contribution in [3.05, 3.63) is 52.6 Å². The first-order valence-corrected chi connectivity index (χ1v) is 10.8. The zero-order valence-corrected chi connectivity index (χ0v) is 18.1. The lowest BCUT2D eigenvalue weighted by atomic mass is 10.2. The number of nitrogens with one attached hydrogen (secondary N) is 1. The summed E-state index contributed by atoms with van der Waals surface area (Å²) in [6, 6.07) is 6.24. The number of carbonyl (C=O) groups is 2. The van der Waals surface area contributed by atoms with Gasteiger partial charge >= 0.3 is 0 Å². The van der Waals surface area contributed by atoms with Crippen LogP contribution in [0.2, 0.25) is 5.15 Å². The maximum Gasteiger partial charge on any atom is 0.246 e. The molecule has 164 valence electrons. The van der Waals surface area contributed by atoms with Crippen molar-refractivity contribution in [2.75, 3.05) is 32.7 Å². The number of nitrogens with zero attached hydrogens (tertiary/aromatic N) is 4. The monoisotopic (exact) mass is 445 g/mol. The van der Waals surface area contributed by atoms with E-state index in [0.29, 0.717) is 60.9 Å². The third-order valence-corrected chi connectivity index (χ3v) is 5.87. The highest BCUT2D eigenvalue weighted by atomic mass is 35.5. The Labute approximate surface area is 185 Å². The van der Waals surface area contributed by atoms with Gasteiger partial charge in [0.15, 0.2) is 0 Å². The van der Waals surface area contributed by atoms with E-state index in [1.807, 2.05) is 6.92 Å². The van der Waals surface area contributed by atoms with Crippen LogP contribution >= 0.6 is 11.6 Å². The van der Waals surface area contributed by atoms with E-state index >= 15 is 0 Å². The van der Waals surface area contributed by atoms with Crippen LogP contribution in [-0.2, 0) is 9.59 Å². The molecular formula is C22H25ClFN5O2. The van der Waals surface area contributed by atoms with Crippen molar-refractivity contribution in [1.29, 1.82) is 0 Å². The van der Waals surface area contributed by atoms with Crippen molar-refractivity contribution in [3.63, 3.8) is 0 Å². The molecular weight excluding hydrogens is 421 g/mol. The Morgan fingerprint density at radius 3 is 2.52 bits per heavy atom. The second kappa shape index (κ2) is 9.20. The highest BCUT2D eigenvalue weighted by Gasteiger charge is 2.26. The van der Waals surface area contributed by atoms with Gasteiger partial charge in [-0.3, -0.25) is 14.5 Å². The fourth-order valence-electron chi connectivity index (χ4n) is 3.54. The average Bonchev–Trinajstić information content (AvgIpc) is 3.51. The molecule has 31 heavy (non-hydrogen) atoms. The van der Waals surface area contributed by atoms with Crippen LogP contribution < -0.4 is 5.32 Å². The molecule has 7 nitrogen and oxygen atoms in total. The lowest BCUT2D eigenvalue weighted by Crippen LogP contribution is -2.51. The molecule has 2 aromatic rings. The van der Waals surface area contributed by atoms with E-state index in [9.17, 15) is 14.0 Å². The quantitative estimate of drug-likeness (QED) is 0.693. The normalized spacial score (nSPS) is 17.3. The van der Waals surface area contributed by atoms with Gasteiger partial charge in [0.1, 0.15) is 11.0 Å². The number of carbonyl (C=O) groups excluding carboxylic acids is 2. The van der Waals surface area contributed by atoms with Crippen LogP contribution in [0.15, 0.2) is 30.3 Å². The number of rotatable bonds is 6. The average molecular weight is 446 g/mol. The molecule has 0 bridgehead atoms. The van der Waals surface area contributed by atoms with Gasteiger partial charge in [0.05, 0.1) is 17.9 Å². The summed E-state index contributed by atoms with van der Waals surface area (Å²) in [4.78, 5) is 28.4. The number of piperazine rings is 1. The van der Waals surface area contributed by atoms with Crippen LogP contribution in [0.4, 0.5) is 4.39 Å². The van der Waals surface area contributed by atoms with E-state index in [0.717, 1.165) is 12.8 Å². The first-order chi connectivity index (χ1) is 14.9. The predicted molar refractivity (Wildman–Crippen MR) is 116 cm³/mol. The van der Waals surface area contributed by atoms with Crippen molar-refractivity contribution in [2.45, 2.75) is 25.8 Å². The Kier molecular flexibility index (Phi) is 6.38. The number of aromatic nitrogens is 2. The van der Waals surface area contributed by atoms with Crippen molar-refractivity contribution >= 4 is 29.5 Å². The highest BCUT2D eigenvalue weighted by molar-refractivity contribution is 6.31. The molecule has 1 aliphatic carbocycles. The largest absolute Gasteiger partial charge is 0.352 e. The minimum Gasteiger partial charge on any atom is -0.352 e. The Morgan fingerprint density at radius 1 is 1.19 bits per heavy atom. The highest BCUT2D eigenvalue weighted by Crippen LogP contribution is 2.25. The smallest absolute Gasteiger partial charge is 0.246 e. The van der Waals surface area contributed by atoms with Crippen LogP contribution in [0.3, 0.4) is 0 Å². The van der Waals surface area contributed by atoms with E-state index in [4.69, 9.17) is 11.6 Å². The summed E-state index contributed by atoms with van der Waals surface area (Å²) in [5, 5.41) is 7.75. The Balaban J connectivity index is 1.34. The molecule has 2 heterocycles. The molecule has 9 heteroatoms. The van der Waals surface area contributed by atoms with Crippen molar-refractivity contribution in [3.8, 4) is 5.69 Å². The Hall–Kier alpha value is -2.71. The Bertz CT molecular complexity index is 992. The molecule has 1 N–H and O–H groups in total. The van der Waals surface area contributed by atoms with Crippen molar-refractivity contribution in [2.24, 2.45) is 0 Å². The van der Waals surface area contributed by atoms with Crippen molar-refractivity contribution in [1.82, 2.24) is 24.9 Å². The van der Waals surface area contributed by atoms with Gasteiger partial charge in [-0.05, 0) is 50.1 Å².